The van der Waals surface area contributed by atoms with Gasteiger partial charge in [-0.2, -0.15) is 0 Å². The Morgan fingerprint density at radius 2 is 2.50 bits per heavy atom. The number of nitrogens with zero attached hydrogens (tertiary/aromatic N) is 1. The summed E-state index contributed by atoms with van der Waals surface area (Å²) in [4.78, 5) is 14.3. The highest BCUT2D eigenvalue weighted by atomic mass is 79.9. The van der Waals surface area contributed by atoms with E-state index < -0.39 is 6.10 Å². The maximum absolute atomic E-state index is 12.1. The highest BCUT2D eigenvalue weighted by Gasteiger charge is 2.29. The predicted octanol–water partition coefficient (Wildman–Crippen LogP) is 1.95. The van der Waals surface area contributed by atoms with Gasteiger partial charge in [-0.15, -0.1) is 0 Å². The van der Waals surface area contributed by atoms with Gasteiger partial charge in [0, 0.05) is 13.1 Å². The number of likely N-dealkylation sites (N-methyl/N-ethyl adjacent to an activating group) is 1. The van der Waals surface area contributed by atoms with Gasteiger partial charge in [0.05, 0.1) is 17.3 Å². The minimum absolute atomic E-state index is 0.0879. The second-order valence-electron chi connectivity index (χ2n) is 3.71. The van der Waals surface area contributed by atoms with Gasteiger partial charge in [-0.05, 0) is 28.5 Å². The van der Waals surface area contributed by atoms with Crippen LogP contribution in [0.1, 0.15) is 17.5 Å². The number of carbonyl (C=O) groups is 1. The summed E-state index contributed by atoms with van der Waals surface area (Å²) in [5.74, 6) is 0.262. The number of furan rings is 1. The van der Waals surface area contributed by atoms with Crippen LogP contribution in [0.15, 0.2) is 21.2 Å². The van der Waals surface area contributed by atoms with E-state index >= 15 is 0 Å². The molecule has 1 saturated heterocycles. The zero-order valence-electron chi connectivity index (χ0n) is 9.11. The first kappa shape index (κ1) is 11.8. The van der Waals surface area contributed by atoms with Gasteiger partial charge in [0.25, 0.3) is 0 Å². The van der Waals surface area contributed by atoms with Crippen molar-refractivity contribution in [2.24, 2.45) is 0 Å². The van der Waals surface area contributed by atoms with E-state index in [0.29, 0.717) is 23.4 Å². The van der Waals surface area contributed by atoms with E-state index in [1.54, 1.807) is 6.07 Å². The van der Waals surface area contributed by atoms with Gasteiger partial charge in [0.2, 0.25) is 5.78 Å². The molecule has 4 nitrogen and oxygen atoms in total. The van der Waals surface area contributed by atoms with Crippen LogP contribution < -0.4 is 0 Å². The zero-order chi connectivity index (χ0) is 11.5. The van der Waals surface area contributed by atoms with Crippen molar-refractivity contribution in [3.63, 3.8) is 0 Å². The molecule has 0 bridgehead atoms. The molecule has 0 radical (unpaired) electrons. The van der Waals surface area contributed by atoms with Crippen molar-refractivity contribution in [1.29, 1.82) is 0 Å². The van der Waals surface area contributed by atoms with Crippen molar-refractivity contribution in [3.05, 3.63) is 22.6 Å². The van der Waals surface area contributed by atoms with Crippen LogP contribution in [0.25, 0.3) is 0 Å². The standard InChI is InChI=1S/C11H14BrNO3/c1-2-13-4-6-15-9(7-13)10(14)11-8(12)3-5-16-11/h3,5,9H,2,4,6-7H2,1H3. The fourth-order valence-electron chi connectivity index (χ4n) is 1.76. The van der Waals surface area contributed by atoms with Crippen molar-refractivity contribution in [2.45, 2.75) is 13.0 Å². The summed E-state index contributed by atoms with van der Waals surface area (Å²) in [6.07, 6.45) is 1.09. The smallest absolute Gasteiger partial charge is 0.229 e. The number of hydrogen-bond acceptors (Lipinski definition) is 4. The summed E-state index contributed by atoms with van der Waals surface area (Å²) in [6.45, 7) is 5.15. The molecule has 88 valence electrons. The summed E-state index contributed by atoms with van der Waals surface area (Å²) in [7, 11) is 0. The van der Waals surface area contributed by atoms with Crippen molar-refractivity contribution in [1.82, 2.24) is 4.90 Å². The lowest BCUT2D eigenvalue weighted by Gasteiger charge is -2.30. The molecule has 1 aromatic heterocycles. The average Bonchev–Trinajstić information content (AvgIpc) is 2.74. The Balaban J connectivity index is 2.07. The van der Waals surface area contributed by atoms with Crippen LogP contribution in [0.3, 0.4) is 0 Å². The molecule has 1 fully saturated rings. The second-order valence-corrected chi connectivity index (χ2v) is 4.57. The fourth-order valence-corrected chi connectivity index (χ4v) is 2.16. The fraction of sp³-hybridized carbons (Fsp3) is 0.545. The van der Waals surface area contributed by atoms with Crippen LogP contribution in [0.5, 0.6) is 0 Å². The van der Waals surface area contributed by atoms with E-state index in [4.69, 9.17) is 9.15 Å². The molecular formula is C11H14BrNO3. The number of ether oxygens (including phenoxy) is 1. The third-order valence-corrected chi connectivity index (χ3v) is 3.36. The van der Waals surface area contributed by atoms with Crippen molar-refractivity contribution in [3.8, 4) is 0 Å². The molecule has 1 aromatic rings. The average molecular weight is 288 g/mol. The van der Waals surface area contributed by atoms with Crippen LogP contribution in [0.4, 0.5) is 0 Å². The molecule has 0 amide bonds. The lowest BCUT2D eigenvalue weighted by Crippen LogP contribution is -2.45. The molecule has 5 heteroatoms. The first-order valence-corrected chi connectivity index (χ1v) is 6.13. The van der Waals surface area contributed by atoms with Crippen LogP contribution >= 0.6 is 15.9 Å². The van der Waals surface area contributed by atoms with Crippen LogP contribution in [-0.4, -0.2) is 43.0 Å². The van der Waals surface area contributed by atoms with Crippen molar-refractivity contribution >= 4 is 21.7 Å². The molecule has 1 unspecified atom stereocenters. The monoisotopic (exact) mass is 287 g/mol. The van der Waals surface area contributed by atoms with Gasteiger partial charge in [-0.25, -0.2) is 0 Å². The van der Waals surface area contributed by atoms with E-state index in [2.05, 4.69) is 27.8 Å². The van der Waals surface area contributed by atoms with Gasteiger partial charge >= 0.3 is 0 Å². The highest BCUT2D eigenvalue weighted by Crippen LogP contribution is 2.21. The molecule has 1 aliphatic heterocycles. The third kappa shape index (κ3) is 2.36. The maximum Gasteiger partial charge on any atom is 0.229 e. The topological polar surface area (TPSA) is 42.7 Å². The Morgan fingerprint density at radius 3 is 3.12 bits per heavy atom. The van der Waals surface area contributed by atoms with E-state index in [-0.39, 0.29) is 5.78 Å². The molecule has 0 saturated carbocycles. The minimum atomic E-state index is -0.406. The first-order valence-electron chi connectivity index (χ1n) is 5.33. The normalized spacial score (nSPS) is 22.2. The Hall–Kier alpha value is -0.650. The Kier molecular flexibility index (Phi) is 3.78. The summed E-state index contributed by atoms with van der Waals surface area (Å²) < 4.78 is 11.3. The Morgan fingerprint density at radius 1 is 1.69 bits per heavy atom. The lowest BCUT2D eigenvalue weighted by molar-refractivity contribution is -0.0161. The number of Topliss-reactive ketones (excluding diaryl/α,β-unsaturated/α-hetero) is 1. The minimum Gasteiger partial charge on any atom is -0.460 e. The van der Waals surface area contributed by atoms with Gasteiger partial charge < -0.3 is 9.15 Å². The van der Waals surface area contributed by atoms with Crippen LogP contribution in [0.2, 0.25) is 0 Å². The van der Waals surface area contributed by atoms with E-state index in [1.807, 2.05) is 0 Å². The number of morpholine rings is 1. The largest absolute Gasteiger partial charge is 0.460 e. The van der Waals surface area contributed by atoms with Crippen LogP contribution in [-0.2, 0) is 4.74 Å². The summed E-state index contributed by atoms with van der Waals surface area (Å²) in [5.41, 5.74) is 0. The highest BCUT2D eigenvalue weighted by molar-refractivity contribution is 9.10. The van der Waals surface area contributed by atoms with E-state index in [0.717, 1.165) is 13.1 Å². The summed E-state index contributed by atoms with van der Waals surface area (Å²) >= 11 is 3.28. The molecule has 1 atom stereocenters. The molecule has 2 heterocycles. The van der Waals surface area contributed by atoms with Gasteiger partial charge in [-0.3, -0.25) is 9.69 Å². The van der Waals surface area contributed by atoms with E-state index in [9.17, 15) is 4.79 Å². The molecule has 0 N–H and O–H groups in total. The molecule has 16 heavy (non-hydrogen) atoms. The number of rotatable bonds is 3. The number of carbonyl (C=O) groups excluding carboxylic acids is 1. The number of ketones is 1. The van der Waals surface area contributed by atoms with Gasteiger partial charge in [0.1, 0.15) is 6.10 Å². The molecule has 0 aliphatic carbocycles. The van der Waals surface area contributed by atoms with E-state index in [1.165, 1.54) is 6.26 Å². The lowest BCUT2D eigenvalue weighted by atomic mass is 10.1. The third-order valence-electron chi connectivity index (χ3n) is 2.73. The maximum atomic E-state index is 12.1. The van der Waals surface area contributed by atoms with Crippen molar-refractivity contribution in [2.75, 3.05) is 26.2 Å². The van der Waals surface area contributed by atoms with Gasteiger partial charge in [-0.1, -0.05) is 6.92 Å². The molecule has 2 rings (SSSR count). The molecule has 1 aliphatic rings. The zero-order valence-corrected chi connectivity index (χ0v) is 10.7. The summed E-state index contributed by atoms with van der Waals surface area (Å²) in [6, 6.07) is 1.72. The summed E-state index contributed by atoms with van der Waals surface area (Å²) in [5, 5.41) is 0. The van der Waals surface area contributed by atoms with Crippen LogP contribution in [0, 0.1) is 0 Å². The second kappa shape index (κ2) is 5.12. The molecule has 0 spiro atoms. The quantitative estimate of drug-likeness (QED) is 0.797. The predicted molar refractivity (Wildman–Crippen MR) is 62.6 cm³/mol. The number of hydrogen-bond donors (Lipinski definition) is 0. The Labute approximate surface area is 103 Å². The molecular weight excluding hydrogens is 274 g/mol. The van der Waals surface area contributed by atoms with Crippen molar-refractivity contribution < 1.29 is 13.9 Å². The Bertz CT molecular complexity index is 377. The first-order chi connectivity index (χ1) is 7.72. The van der Waals surface area contributed by atoms with Gasteiger partial charge in [0.15, 0.2) is 5.76 Å². The SMILES string of the molecule is CCN1CCOC(C(=O)c2occc2Br)C1. The number of halogens is 1. The molecule has 0 aromatic carbocycles.